The molecule has 7 nitrogen and oxygen atoms in total. The van der Waals surface area contributed by atoms with Crippen LogP contribution in [-0.4, -0.2) is 29.5 Å². The van der Waals surface area contributed by atoms with Crippen molar-refractivity contribution in [1.82, 2.24) is 0 Å². The van der Waals surface area contributed by atoms with E-state index in [1.807, 2.05) is 0 Å². The number of esters is 1. The summed E-state index contributed by atoms with van der Waals surface area (Å²) in [4.78, 5) is 34.8. The molecule has 2 amide bonds. The minimum absolute atomic E-state index is 0.0215. The maximum Gasteiger partial charge on any atom is 0.342 e. The van der Waals surface area contributed by atoms with Gasteiger partial charge in [-0.3, -0.25) is 9.59 Å². The maximum absolute atomic E-state index is 11.9. The fourth-order valence-corrected chi connectivity index (χ4v) is 2.59. The molecule has 2 rings (SSSR count). The van der Waals surface area contributed by atoms with Gasteiger partial charge in [-0.1, -0.05) is 11.6 Å². The number of hydrogen-bond donors (Lipinski definition) is 3. The van der Waals surface area contributed by atoms with Gasteiger partial charge in [0, 0.05) is 0 Å². The van der Waals surface area contributed by atoms with E-state index in [1.54, 1.807) is 18.4 Å². The average Bonchev–Trinajstić information content (AvgIpc) is 2.95. The predicted molar refractivity (Wildman–Crippen MR) is 84.6 cm³/mol. The number of benzene rings is 1. The molecule has 2 aromatic rings. The molecule has 0 atom stereocenters. The highest BCUT2D eigenvalue weighted by molar-refractivity contribution is 7.14. The van der Waals surface area contributed by atoms with Crippen molar-refractivity contribution in [2.75, 3.05) is 11.9 Å². The number of primary amides is 1. The van der Waals surface area contributed by atoms with Crippen molar-refractivity contribution in [2.45, 2.75) is 6.92 Å². The molecular formula is C15H14N2O5S. The monoisotopic (exact) mass is 334 g/mol. The molecule has 0 spiro atoms. The molecule has 1 heterocycles. The SMILES string of the molecule is Cc1ccc(O)c(C(=O)OCC(=O)Nc2sccc2C(N)=O)c1. The Labute approximate surface area is 135 Å². The zero-order valence-corrected chi connectivity index (χ0v) is 13.0. The van der Waals surface area contributed by atoms with Gasteiger partial charge in [-0.25, -0.2) is 4.79 Å². The van der Waals surface area contributed by atoms with Gasteiger partial charge < -0.3 is 20.9 Å². The Bertz CT molecular complexity index is 769. The van der Waals surface area contributed by atoms with Gasteiger partial charge in [0.2, 0.25) is 0 Å². The van der Waals surface area contributed by atoms with Gasteiger partial charge in [-0.2, -0.15) is 0 Å². The molecule has 0 bridgehead atoms. The fourth-order valence-electron chi connectivity index (χ4n) is 1.79. The molecule has 0 radical (unpaired) electrons. The summed E-state index contributed by atoms with van der Waals surface area (Å²) in [5.41, 5.74) is 6.10. The number of anilines is 1. The number of nitrogens with one attached hydrogen (secondary N) is 1. The van der Waals surface area contributed by atoms with Crippen LogP contribution in [0, 0.1) is 6.92 Å². The zero-order chi connectivity index (χ0) is 17.0. The highest BCUT2D eigenvalue weighted by atomic mass is 32.1. The van der Waals surface area contributed by atoms with Crippen LogP contribution in [0.4, 0.5) is 5.00 Å². The number of nitrogens with two attached hydrogens (primary N) is 1. The molecule has 0 fully saturated rings. The van der Waals surface area contributed by atoms with Crippen LogP contribution in [0.15, 0.2) is 29.6 Å². The summed E-state index contributed by atoms with van der Waals surface area (Å²) in [5.74, 6) is -2.32. The number of phenolic OH excluding ortho intramolecular Hbond substituents is 1. The third-order valence-electron chi connectivity index (χ3n) is 2.89. The Morgan fingerprint density at radius 3 is 2.70 bits per heavy atom. The van der Waals surface area contributed by atoms with Crippen molar-refractivity contribution in [2.24, 2.45) is 5.73 Å². The first kappa shape index (κ1) is 16.5. The average molecular weight is 334 g/mol. The first-order chi connectivity index (χ1) is 10.9. The summed E-state index contributed by atoms with van der Waals surface area (Å²) in [6, 6.07) is 5.96. The van der Waals surface area contributed by atoms with E-state index in [0.29, 0.717) is 0 Å². The normalized spacial score (nSPS) is 10.1. The van der Waals surface area contributed by atoms with Crippen LogP contribution in [-0.2, 0) is 9.53 Å². The minimum atomic E-state index is -0.817. The lowest BCUT2D eigenvalue weighted by Gasteiger charge is -2.08. The quantitative estimate of drug-likeness (QED) is 0.719. The third-order valence-corrected chi connectivity index (χ3v) is 3.72. The van der Waals surface area contributed by atoms with Crippen molar-refractivity contribution in [3.8, 4) is 5.75 Å². The largest absolute Gasteiger partial charge is 0.507 e. The molecule has 0 unspecified atom stereocenters. The van der Waals surface area contributed by atoms with E-state index in [4.69, 9.17) is 10.5 Å². The van der Waals surface area contributed by atoms with Crippen LogP contribution >= 0.6 is 11.3 Å². The van der Waals surface area contributed by atoms with Crippen LogP contribution in [0.5, 0.6) is 5.75 Å². The Morgan fingerprint density at radius 1 is 1.26 bits per heavy atom. The van der Waals surface area contributed by atoms with Crippen molar-refractivity contribution < 1.29 is 24.2 Å². The Morgan fingerprint density at radius 2 is 2.00 bits per heavy atom. The summed E-state index contributed by atoms with van der Waals surface area (Å²) in [7, 11) is 0. The first-order valence-corrected chi connectivity index (χ1v) is 7.40. The molecule has 1 aromatic carbocycles. The lowest BCUT2D eigenvalue weighted by atomic mass is 10.1. The second-order valence-corrected chi connectivity index (χ2v) is 5.59. The van der Waals surface area contributed by atoms with Gasteiger partial charge in [-0.05, 0) is 30.5 Å². The number of aromatic hydroxyl groups is 1. The van der Waals surface area contributed by atoms with E-state index >= 15 is 0 Å². The van der Waals surface area contributed by atoms with E-state index in [2.05, 4.69) is 5.32 Å². The van der Waals surface area contributed by atoms with Crippen LogP contribution in [0.25, 0.3) is 0 Å². The number of carbonyl (C=O) groups excluding carboxylic acids is 3. The maximum atomic E-state index is 11.9. The van der Waals surface area contributed by atoms with Crippen molar-refractivity contribution in [3.63, 3.8) is 0 Å². The van der Waals surface area contributed by atoms with Crippen molar-refractivity contribution >= 4 is 34.1 Å². The summed E-state index contributed by atoms with van der Waals surface area (Å²) in [6.45, 7) is 1.20. The number of carbonyl (C=O) groups is 3. The van der Waals surface area contributed by atoms with Gasteiger partial charge in [-0.15, -0.1) is 11.3 Å². The molecule has 0 aliphatic rings. The van der Waals surface area contributed by atoms with Gasteiger partial charge in [0.25, 0.3) is 11.8 Å². The summed E-state index contributed by atoms with van der Waals surface area (Å²) >= 11 is 1.13. The second-order valence-electron chi connectivity index (χ2n) is 4.67. The second kappa shape index (κ2) is 6.93. The predicted octanol–water partition coefficient (Wildman–Crippen LogP) is 1.66. The number of rotatable bonds is 5. The number of phenols is 1. The zero-order valence-electron chi connectivity index (χ0n) is 12.2. The lowest BCUT2D eigenvalue weighted by molar-refractivity contribution is -0.119. The highest BCUT2D eigenvalue weighted by Crippen LogP contribution is 2.23. The van der Waals surface area contributed by atoms with E-state index in [1.165, 1.54) is 18.2 Å². The molecule has 0 aliphatic heterocycles. The third kappa shape index (κ3) is 4.07. The van der Waals surface area contributed by atoms with E-state index < -0.39 is 24.4 Å². The van der Waals surface area contributed by atoms with Gasteiger partial charge in [0.1, 0.15) is 16.3 Å². The van der Waals surface area contributed by atoms with Crippen LogP contribution in [0.2, 0.25) is 0 Å². The number of ether oxygens (including phenoxy) is 1. The van der Waals surface area contributed by atoms with Gasteiger partial charge >= 0.3 is 5.97 Å². The fraction of sp³-hybridized carbons (Fsp3) is 0.133. The summed E-state index contributed by atoms with van der Waals surface area (Å²) < 4.78 is 4.85. The molecular weight excluding hydrogens is 320 g/mol. The molecule has 4 N–H and O–H groups in total. The molecule has 0 saturated heterocycles. The van der Waals surface area contributed by atoms with Gasteiger partial charge in [0.15, 0.2) is 6.61 Å². The van der Waals surface area contributed by atoms with Crippen LogP contribution in [0.3, 0.4) is 0 Å². The molecule has 0 aliphatic carbocycles. The number of amides is 2. The lowest BCUT2D eigenvalue weighted by Crippen LogP contribution is -2.22. The molecule has 120 valence electrons. The molecule has 1 aromatic heterocycles. The summed E-state index contributed by atoms with van der Waals surface area (Å²) in [5, 5.41) is 14.0. The van der Waals surface area contributed by atoms with E-state index in [-0.39, 0.29) is 21.9 Å². The number of aryl methyl sites for hydroxylation is 1. The molecule has 8 heteroatoms. The Balaban J connectivity index is 1.96. The molecule has 23 heavy (non-hydrogen) atoms. The van der Waals surface area contributed by atoms with Gasteiger partial charge in [0.05, 0.1) is 5.56 Å². The number of hydrogen-bond acceptors (Lipinski definition) is 6. The van der Waals surface area contributed by atoms with Crippen molar-refractivity contribution in [1.29, 1.82) is 0 Å². The van der Waals surface area contributed by atoms with Crippen molar-refractivity contribution in [3.05, 3.63) is 46.3 Å². The molecule has 0 saturated carbocycles. The highest BCUT2D eigenvalue weighted by Gasteiger charge is 2.16. The number of thiophene rings is 1. The van der Waals surface area contributed by atoms with Crippen LogP contribution < -0.4 is 11.1 Å². The van der Waals surface area contributed by atoms with E-state index in [9.17, 15) is 19.5 Å². The smallest absolute Gasteiger partial charge is 0.342 e. The standard InChI is InChI=1S/C15H14N2O5S/c1-8-2-3-11(18)10(6-8)15(21)22-7-12(19)17-14-9(13(16)20)4-5-23-14/h2-6,18H,7H2,1H3,(H2,16,20)(H,17,19). The summed E-state index contributed by atoms with van der Waals surface area (Å²) in [6.07, 6.45) is 0. The van der Waals surface area contributed by atoms with Crippen LogP contribution in [0.1, 0.15) is 26.3 Å². The Hall–Kier alpha value is -2.87. The minimum Gasteiger partial charge on any atom is -0.507 e. The topological polar surface area (TPSA) is 119 Å². The Kier molecular flexibility index (Phi) is 4.97. The first-order valence-electron chi connectivity index (χ1n) is 6.52. The van der Waals surface area contributed by atoms with E-state index in [0.717, 1.165) is 16.9 Å².